The summed E-state index contributed by atoms with van der Waals surface area (Å²) in [6, 6.07) is 3.75. The normalized spacial score (nSPS) is 10.7. The number of hydrogen-bond acceptors (Lipinski definition) is 1. The molecule has 14 heavy (non-hydrogen) atoms. The topological polar surface area (TPSA) is 53.1 Å². The quantitative estimate of drug-likeness (QED) is 0.821. The van der Waals surface area contributed by atoms with Gasteiger partial charge in [-0.3, -0.25) is 0 Å². The highest BCUT2D eigenvalue weighted by molar-refractivity contribution is 9.10. The van der Waals surface area contributed by atoms with Gasteiger partial charge in [0.05, 0.1) is 5.56 Å². The number of rotatable bonds is 1. The average molecular weight is 254 g/mol. The van der Waals surface area contributed by atoms with Crippen LogP contribution in [0.15, 0.2) is 22.8 Å². The third-order valence-electron chi connectivity index (χ3n) is 2.19. The molecule has 0 unspecified atom stereocenters. The lowest BCUT2D eigenvalue weighted by molar-refractivity contribution is 0.0699. The van der Waals surface area contributed by atoms with Crippen molar-refractivity contribution in [2.24, 2.45) is 0 Å². The summed E-state index contributed by atoms with van der Waals surface area (Å²) in [5, 5.41) is 9.65. The number of fused-ring (bicyclic) bond motifs is 1. The molecule has 1 aromatic carbocycles. The van der Waals surface area contributed by atoms with E-state index in [-0.39, 0.29) is 0 Å². The molecule has 0 atom stereocenters. The molecule has 0 aliphatic heterocycles. The van der Waals surface area contributed by atoms with E-state index in [9.17, 15) is 4.79 Å². The van der Waals surface area contributed by atoms with Gasteiger partial charge >= 0.3 is 5.97 Å². The van der Waals surface area contributed by atoms with E-state index in [2.05, 4.69) is 20.9 Å². The van der Waals surface area contributed by atoms with E-state index in [1.807, 2.05) is 19.1 Å². The number of carboxylic acid groups (broad SMARTS) is 1. The Hall–Kier alpha value is -1.29. The van der Waals surface area contributed by atoms with Crippen LogP contribution in [0.3, 0.4) is 0 Å². The number of halogens is 1. The lowest BCUT2D eigenvalue weighted by Gasteiger charge is -1.98. The summed E-state index contributed by atoms with van der Waals surface area (Å²) in [7, 11) is 0. The molecule has 1 heterocycles. The number of aromatic nitrogens is 1. The van der Waals surface area contributed by atoms with E-state index in [1.54, 1.807) is 0 Å². The summed E-state index contributed by atoms with van der Waals surface area (Å²) in [6.07, 6.45) is 1.51. The predicted molar refractivity (Wildman–Crippen MR) is 57.7 cm³/mol. The van der Waals surface area contributed by atoms with Gasteiger partial charge in [-0.1, -0.05) is 15.9 Å². The number of hydrogen-bond donors (Lipinski definition) is 2. The molecular formula is C10H8BrNO2. The Labute approximate surface area is 88.9 Å². The summed E-state index contributed by atoms with van der Waals surface area (Å²) in [4.78, 5) is 13.8. The highest BCUT2D eigenvalue weighted by Gasteiger charge is 2.11. The SMILES string of the molecule is Cc1cc2c(C(=O)O)c[nH]c2cc1Br. The van der Waals surface area contributed by atoms with Gasteiger partial charge in [0, 0.05) is 21.6 Å². The Kier molecular flexibility index (Phi) is 2.07. The van der Waals surface area contributed by atoms with Crippen molar-refractivity contribution in [3.8, 4) is 0 Å². The molecule has 2 rings (SSSR count). The number of benzene rings is 1. The van der Waals surface area contributed by atoms with Crippen LogP contribution in [0, 0.1) is 6.92 Å². The van der Waals surface area contributed by atoms with Gasteiger partial charge in [0.15, 0.2) is 0 Å². The smallest absolute Gasteiger partial charge is 0.337 e. The minimum absolute atomic E-state index is 0.315. The zero-order valence-electron chi connectivity index (χ0n) is 7.47. The van der Waals surface area contributed by atoms with Crippen LogP contribution < -0.4 is 0 Å². The van der Waals surface area contributed by atoms with Crippen molar-refractivity contribution < 1.29 is 9.90 Å². The number of aryl methyl sites for hydroxylation is 1. The number of aromatic amines is 1. The Morgan fingerprint density at radius 1 is 1.50 bits per heavy atom. The zero-order chi connectivity index (χ0) is 10.3. The predicted octanol–water partition coefficient (Wildman–Crippen LogP) is 2.94. The standard InChI is InChI=1S/C10H8BrNO2/c1-5-2-6-7(10(13)14)4-12-9(6)3-8(5)11/h2-4,12H,1H3,(H,13,14). The maximum atomic E-state index is 10.8. The van der Waals surface area contributed by atoms with Crippen molar-refractivity contribution in [3.05, 3.63) is 33.9 Å². The second-order valence-electron chi connectivity index (χ2n) is 3.15. The van der Waals surface area contributed by atoms with Gasteiger partial charge in [-0.05, 0) is 24.6 Å². The molecule has 0 saturated carbocycles. The summed E-state index contributed by atoms with van der Waals surface area (Å²) in [6.45, 7) is 1.93. The summed E-state index contributed by atoms with van der Waals surface area (Å²) < 4.78 is 0.976. The van der Waals surface area contributed by atoms with Crippen molar-refractivity contribution >= 4 is 32.8 Å². The molecule has 0 aliphatic carbocycles. The van der Waals surface area contributed by atoms with Gasteiger partial charge in [-0.25, -0.2) is 4.79 Å². The zero-order valence-corrected chi connectivity index (χ0v) is 9.05. The third kappa shape index (κ3) is 1.32. The van der Waals surface area contributed by atoms with E-state index in [1.165, 1.54) is 6.20 Å². The largest absolute Gasteiger partial charge is 0.478 e. The first kappa shape index (κ1) is 9.27. The molecule has 0 aliphatic rings. The van der Waals surface area contributed by atoms with E-state index < -0.39 is 5.97 Å². The summed E-state index contributed by atoms with van der Waals surface area (Å²) >= 11 is 3.40. The maximum absolute atomic E-state index is 10.8. The molecule has 2 N–H and O–H groups in total. The lowest BCUT2D eigenvalue weighted by Crippen LogP contribution is -1.93. The number of H-pyrrole nitrogens is 1. The molecule has 1 aromatic heterocycles. The van der Waals surface area contributed by atoms with Crippen molar-refractivity contribution in [2.45, 2.75) is 6.92 Å². The Morgan fingerprint density at radius 3 is 2.86 bits per heavy atom. The van der Waals surface area contributed by atoms with E-state index in [0.29, 0.717) is 5.56 Å². The van der Waals surface area contributed by atoms with Gasteiger partial charge in [-0.2, -0.15) is 0 Å². The molecule has 0 saturated heterocycles. The van der Waals surface area contributed by atoms with Crippen molar-refractivity contribution in [1.82, 2.24) is 4.98 Å². The summed E-state index contributed by atoms with van der Waals surface area (Å²) in [5.74, 6) is -0.905. The molecule has 0 radical (unpaired) electrons. The van der Waals surface area contributed by atoms with Crippen LogP contribution in [0.25, 0.3) is 10.9 Å². The minimum Gasteiger partial charge on any atom is -0.478 e. The van der Waals surface area contributed by atoms with Crippen molar-refractivity contribution in [3.63, 3.8) is 0 Å². The highest BCUT2D eigenvalue weighted by Crippen LogP contribution is 2.25. The molecule has 2 aromatic rings. The fourth-order valence-electron chi connectivity index (χ4n) is 1.43. The third-order valence-corrected chi connectivity index (χ3v) is 3.05. The molecule has 72 valence electrons. The number of carbonyl (C=O) groups is 1. The van der Waals surface area contributed by atoms with Gasteiger partial charge in [0.2, 0.25) is 0 Å². The first-order chi connectivity index (χ1) is 6.59. The van der Waals surface area contributed by atoms with Gasteiger partial charge in [0.25, 0.3) is 0 Å². The fraction of sp³-hybridized carbons (Fsp3) is 0.100. The molecule has 0 spiro atoms. The molecule has 0 bridgehead atoms. The van der Waals surface area contributed by atoms with Crippen LogP contribution in [0.4, 0.5) is 0 Å². The first-order valence-electron chi connectivity index (χ1n) is 4.10. The highest BCUT2D eigenvalue weighted by atomic mass is 79.9. The van der Waals surface area contributed by atoms with Crippen LogP contribution >= 0.6 is 15.9 Å². The second kappa shape index (κ2) is 3.13. The van der Waals surface area contributed by atoms with Crippen LogP contribution in [0.2, 0.25) is 0 Å². The fourth-order valence-corrected chi connectivity index (χ4v) is 1.77. The number of carboxylic acids is 1. The Bertz CT molecular complexity index is 516. The van der Waals surface area contributed by atoms with E-state index in [4.69, 9.17) is 5.11 Å². The first-order valence-corrected chi connectivity index (χ1v) is 4.89. The maximum Gasteiger partial charge on any atom is 0.337 e. The molecule has 3 nitrogen and oxygen atoms in total. The van der Waals surface area contributed by atoms with Gasteiger partial charge in [-0.15, -0.1) is 0 Å². The van der Waals surface area contributed by atoms with Crippen LogP contribution in [-0.2, 0) is 0 Å². The van der Waals surface area contributed by atoms with Crippen LogP contribution in [0.1, 0.15) is 15.9 Å². The second-order valence-corrected chi connectivity index (χ2v) is 4.01. The molecule has 0 fully saturated rings. The number of nitrogens with one attached hydrogen (secondary N) is 1. The Morgan fingerprint density at radius 2 is 2.21 bits per heavy atom. The number of aromatic carboxylic acids is 1. The van der Waals surface area contributed by atoms with Crippen LogP contribution in [0.5, 0.6) is 0 Å². The summed E-state index contributed by atoms with van der Waals surface area (Å²) in [5.41, 5.74) is 2.18. The minimum atomic E-state index is -0.905. The van der Waals surface area contributed by atoms with E-state index >= 15 is 0 Å². The molecule has 0 amide bonds. The average Bonchev–Trinajstić information content (AvgIpc) is 2.48. The van der Waals surface area contributed by atoms with Crippen molar-refractivity contribution in [2.75, 3.05) is 0 Å². The van der Waals surface area contributed by atoms with Gasteiger partial charge in [0.1, 0.15) is 0 Å². The molecular weight excluding hydrogens is 246 g/mol. The van der Waals surface area contributed by atoms with Crippen molar-refractivity contribution in [1.29, 1.82) is 0 Å². The lowest BCUT2D eigenvalue weighted by atomic mass is 10.1. The van der Waals surface area contributed by atoms with Crippen LogP contribution in [-0.4, -0.2) is 16.1 Å². The monoisotopic (exact) mass is 253 g/mol. The Balaban J connectivity index is 2.80. The van der Waals surface area contributed by atoms with Gasteiger partial charge < -0.3 is 10.1 Å². The van der Waals surface area contributed by atoms with E-state index in [0.717, 1.165) is 20.9 Å². The molecule has 4 heteroatoms.